The summed E-state index contributed by atoms with van der Waals surface area (Å²) in [5.41, 5.74) is 1.24. The van der Waals surface area contributed by atoms with Crippen molar-refractivity contribution in [3.05, 3.63) is 55.6 Å². The first kappa shape index (κ1) is 20.8. The topological polar surface area (TPSA) is 86.6 Å². The first-order valence-corrected chi connectivity index (χ1v) is 6.28. The molecule has 5 nitrogen and oxygen atoms in total. The van der Waals surface area contributed by atoms with Gasteiger partial charge in [-0.3, -0.25) is 9.59 Å². The van der Waals surface area contributed by atoms with Crippen LogP contribution < -0.4 is 5.32 Å². The molecule has 1 unspecified atom stereocenters. The number of carbonyl (C=O) groups excluding carboxylic acids is 1. The largest absolute Gasteiger partial charge is 0.508 e. The van der Waals surface area contributed by atoms with E-state index in [-0.39, 0.29) is 6.54 Å². The van der Waals surface area contributed by atoms with Gasteiger partial charge in [-0.25, -0.2) is 0 Å². The van der Waals surface area contributed by atoms with E-state index >= 15 is 0 Å². The molecule has 0 heterocycles. The van der Waals surface area contributed by atoms with Gasteiger partial charge < -0.3 is 15.5 Å². The number of hydrogen-bond acceptors (Lipinski definition) is 3. The van der Waals surface area contributed by atoms with Crippen molar-refractivity contribution in [3.63, 3.8) is 0 Å². The highest BCUT2D eigenvalue weighted by atomic mass is 16.4. The van der Waals surface area contributed by atoms with Gasteiger partial charge in [0, 0.05) is 0 Å². The van der Waals surface area contributed by atoms with E-state index in [0.717, 1.165) is 6.42 Å². The zero-order valence-corrected chi connectivity index (χ0v) is 12.3. The van der Waals surface area contributed by atoms with Gasteiger partial charge in [-0.2, -0.15) is 0 Å². The van der Waals surface area contributed by atoms with Crippen LogP contribution in [-0.4, -0.2) is 29.1 Å². The fourth-order valence-electron chi connectivity index (χ4n) is 1.22. The molecule has 1 aromatic carbocycles. The molecule has 0 aliphatic heterocycles. The van der Waals surface area contributed by atoms with Gasteiger partial charge in [0.05, 0.1) is 0 Å². The molecule has 1 rings (SSSR count). The van der Waals surface area contributed by atoms with Gasteiger partial charge in [0.25, 0.3) is 0 Å². The van der Waals surface area contributed by atoms with Crippen molar-refractivity contribution in [3.8, 4) is 5.75 Å². The van der Waals surface area contributed by atoms with Crippen LogP contribution in [0.3, 0.4) is 0 Å². The third-order valence-corrected chi connectivity index (χ3v) is 2.23. The molecular formula is C16H23NO4. The smallest absolute Gasteiger partial charge is 0.322 e. The number of nitrogens with one attached hydrogen (secondary N) is 1. The SMILES string of the molecule is C=C.C=CC(C)Cc1ccc(O)cc1.O=CNCC(=O)O. The number of aromatic hydroxyl groups is 1. The van der Waals surface area contributed by atoms with E-state index in [9.17, 15) is 9.59 Å². The molecule has 0 bridgehead atoms. The Bertz CT molecular complexity index is 415. The molecule has 116 valence electrons. The Labute approximate surface area is 125 Å². The number of carbonyl (C=O) groups is 2. The van der Waals surface area contributed by atoms with Gasteiger partial charge >= 0.3 is 5.97 Å². The number of aliphatic carboxylic acids is 1. The average Bonchev–Trinajstić information content (AvgIpc) is 2.50. The van der Waals surface area contributed by atoms with Crippen molar-refractivity contribution >= 4 is 12.4 Å². The monoisotopic (exact) mass is 293 g/mol. The summed E-state index contributed by atoms with van der Waals surface area (Å²) in [7, 11) is 0. The number of phenolic OH excluding ortho intramolecular Hbond substituents is 1. The predicted octanol–water partition coefficient (Wildman–Crippen LogP) is 2.38. The second-order valence-electron chi connectivity index (χ2n) is 3.98. The van der Waals surface area contributed by atoms with Crippen LogP contribution in [0.1, 0.15) is 12.5 Å². The third kappa shape index (κ3) is 13.7. The first-order chi connectivity index (χ1) is 9.99. The molecule has 1 atom stereocenters. The summed E-state index contributed by atoms with van der Waals surface area (Å²) in [6, 6.07) is 7.31. The number of hydrogen-bond donors (Lipinski definition) is 3. The minimum absolute atomic E-state index is 0.302. The molecule has 0 saturated carbocycles. The fourth-order valence-corrected chi connectivity index (χ4v) is 1.22. The highest BCUT2D eigenvalue weighted by Gasteiger charge is 1.98. The predicted molar refractivity (Wildman–Crippen MR) is 84.1 cm³/mol. The molecule has 0 spiro atoms. The maximum absolute atomic E-state index is 9.54. The number of carboxylic acid groups (broad SMARTS) is 1. The Morgan fingerprint density at radius 3 is 2.19 bits per heavy atom. The molecule has 0 aromatic heterocycles. The van der Waals surface area contributed by atoms with Crippen LogP contribution in [0.2, 0.25) is 0 Å². The molecule has 1 amide bonds. The van der Waals surface area contributed by atoms with E-state index in [4.69, 9.17) is 10.2 Å². The highest BCUT2D eigenvalue weighted by Crippen LogP contribution is 2.13. The second kappa shape index (κ2) is 13.9. The zero-order valence-electron chi connectivity index (χ0n) is 12.3. The van der Waals surface area contributed by atoms with Crippen molar-refractivity contribution in [2.75, 3.05) is 6.54 Å². The van der Waals surface area contributed by atoms with Crippen molar-refractivity contribution in [1.82, 2.24) is 5.32 Å². The van der Waals surface area contributed by atoms with E-state index in [1.807, 2.05) is 23.5 Å². The van der Waals surface area contributed by atoms with Gasteiger partial charge in [-0.05, 0) is 30.0 Å². The first-order valence-electron chi connectivity index (χ1n) is 6.28. The lowest BCUT2D eigenvalue weighted by atomic mass is 10.0. The summed E-state index contributed by atoms with van der Waals surface area (Å²) in [5, 5.41) is 18.8. The minimum atomic E-state index is -1.04. The van der Waals surface area contributed by atoms with Crippen molar-refractivity contribution in [1.29, 1.82) is 0 Å². The van der Waals surface area contributed by atoms with Crippen LogP contribution in [-0.2, 0) is 16.0 Å². The van der Waals surface area contributed by atoms with Crippen molar-refractivity contribution in [2.24, 2.45) is 5.92 Å². The van der Waals surface area contributed by atoms with Gasteiger partial charge in [0.2, 0.25) is 6.41 Å². The summed E-state index contributed by atoms with van der Waals surface area (Å²) in [6.07, 6.45) is 3.27. The number of rotatable bonds is 6. The number of carboxylic acids is 1. The van der Waals surface area contributed by atoms with Crippen LogP contribution in [0.25, 0.3) is 0 Å². The Morgan fingerprint density at radius 1 is 1.33 bits per heavy atom. The molecule has 3 N–H and O–H groups in total. The molecule has 1 aromatic rings. The lowest BCUT2D eigenvalue weighted by Crippen LogP contribution is -2.20. The van der Waals surface area contributed by atoms with Crippen molar-refractivity contribution in [2.45, 2.75) is 13.3 Å². The normalized spacial score (nSPS) is 9.76. The van der Waals surface area contributed by atoms with E-state index in [1.54, 1.807) is 12.1 Å². The Morgan fingerprint density at radius 2 is 1.86 bits per heavy atom. The Hall–Kier alpha value is -2.56. The summed E-state index contributed by atoms with van der Waals surface area (Å²) >= 11 is 0. The summed E-state index contributed by atoms with van der Waals surface area (Å²) in [5.74, 6) is -0.216. The Kier molecular flexibility index (Phi) is 13.7. The summed E-state index contributed by atoms with van der Waals surface area (Å²) in [6.45, 7) is 11.5. The number of benzene rings is 1. The molecule has 0 fully saturated rings. The molecule has 0 aliphatic rings. The fraction of sp³-hybridized carbons (Fsp3) is 0.250. The molecule has 0 aliphatic carbocycles. The van der Waals surface area contributed by atoms with Crippen LogP contribution in [0.5, 0.6) is 5.75 Å². The van der Waals surface area contributed by atoms with Crippen LogP contribution in [0.15, 0.2) is 50.1 Å². The van der Waals surface area contributed by atoms with E-state index < -0.39 is 5.97 Å². The molecule has 0 saturated heterocycles. The van der Waals surface area contributed by atoms with Gasteiger partial charge in [0.15, 0.2) is 0 Å². The maximum Gasteiger partial charge on any atom is 0.322 e. The average molecular weight is 293 g/mol. The lowest BCUT2D eigenvalue weighted by Gasteiger charge is -2.04. The minimum Gasteiger partial charge on any atom is -0.508 e. The number of phenols is 1. The molecular weight excluding hydrogens is 270 g/mol. The standard InChI is InChI=1S/C11H14O.C3H5NO3.C2H4/c1-3-9(2)8-10-4-6-11(12)7-5-10;5-2-4-1-3(6)7;1-2/h3-7,9,12H,1,8H2,2H3;2H,1H2,(H,4,5)(H,6,7);1-2H2. The van der Waals surface area contributed by atoms with Crippen LogP contribution in [0.4, 0.5) is 0 Å². The molecule has 0 radical (unpaired) electrons. The van der Waals surface area contributed by atoms with E-state index in [1.165, 1.54) is 5.56 Å². The number of allylic oxidation sites excluding steroid dienone is 1. The van der Waals surface area contributed by atoms with Crippen molar-refractivity contribution < 1.29 is 19.8 Å². The van der Waals surface area contributed by atoms with Crippen LogP contribution in [0, 0.1) is 5.92 Å². The van der Waals surface area contributed by atoms with Gasteiger partial charge in [-0.1, -0.05) is 25.1 Å². The number of amides is 1. The second-order valence-corrected chi connectivity index (χ2v) is 3.98. The highest BCUT2D eigenvalue weighted by molar-refractivity contribution is 5.71. The zero-order chi connectivity index (χ0) is 16.7. The van der Waals surface area contributed by atoms with E-state index in [2.05, 4.69) is 26.7 Å². The van der Waals surface area contributed by atoms with Crippen LogP contribution >= 0.6 is 0 Å². The van der Waals surface area contributed by atoms with Gasteiger partial charge in [0.1, 0.15) is 12.3 Å². The quantitative estimate of drug-likeness (QED) is 0.555. The third-order valence-electron chi connectivity index (χ3n) is 2.23. The molecule has 21 heavy (non-hydrogen) atoms. The summed E-state index contributed by atoms with van der Waals surface area (Å²) < 4.78 is 0. The van der Waals surface area contributed by atoms with E-state index in [0.29, 0.717) is 18.1 Å². The maximum atomic E-state index is 9.54. The lowest BCUT2D eigenvalue weighted by molar-refractivity contribution is -0.136. The Balaban J connectivity index is 0. The summed E-state index contributed by atoms with van der Waals surface area (Å²) in [4.78, 5) is 18.9. The molecule has 5 heteroatoms. The van der Waals surface area contributed by atoms with Gasteiger partial charge in [-0.15, -0.1) is 19.7 Å².